The summed E-state index contributed by atoms with van der Waals surface area (Å²) in [5, 5.41) is 15.7. The van der Waals surface area contributed by atoms with Crippen molar-refractivity contribution >= 4 is 17.4 Å². The van der Waals surface area contributed by atoms with E-state index < -0.39 is 10.8 Å². The Morgan fingerprint density at radius 3 is 2.32 bits per heavy atom. The van der Waals surface area contributed by atoms with E-state index in [4.69, 9.17) is 11.5 Å². The third kappa shape index (κ3) is 5.31. The van der Waals surface area contributed by atoms with Crippen molar-refractivity contribution in [2.45, 2.75) is 64.8 Å². The lowest BCUT2D eigenvalue weighted by Gasteiger charge is -2.09. The van der Waals surface area contributed by atoms with Gasteiger partial charge in [0.05, 0.1) is 16.2 Å². The number of carbonyl (C=O) groups is 1. The number of anilines is 1. The van der Waals surface area contributed by atoms with Gasteiger partial charge in [0.25, 0.3) is 11.6 Å². The summed E-state index contributed by atoms with van der Waals surface area (Å²) in [4.78, 5) is 22.9. The number of nitrogen functional groups attached to an aromatic ring is 1. The number of carbonyl (C=O) groups excluding carboxylic acids is 1. The minimum absolute atomic E-state index is 0.000201. The van der Waals surface area contributed by atoms with Crippen LogP contribution in [0.15, 0.2) is 24.3 Å². The number of amides is 1. The highest BCUT2D eigenvalue weighted by Crippen LogP contribution is 2.34. The van der Waals surface area contributed by atoms with Crippen LogP contribution in [0.4, 0.5) is 11.5 Å². The van der Waals surface area contributed by atoms with E-state index in [-0.39, 0.29) is 17.1 Å². The van der Waals surface area contributed by atoms with Crippen molar-refractivity contribution in [3.8, 4) is 11.3 Å². The summed E-state index contributed by atoms with van der Waals surface area (Å²) in [7, 11) is 0. The van der Waals surface area contributed by atoms with Crippen molar-refractivity contribution in [1.82, 2.24) is 9.78 Å². The Kier molecular flexibility index (Phi) is 7.98. The summed E-state index contributed by atoms with van der Waals surface area (Å²) < 4.78 is 1.58. The summed E-state index contributed by atoms with van der Waals surface area (Å²) in [6.07, 6.45) is 9.23. The molecule has 1 aromatic carbocycles. The van der Waals surface area contributed by atoms with E-state index >= 15 is 0 Å². The Labute approximate surface area is 165 Å². The molecule has 2 aromatic rings. The van der Waals surface area contributed by atoms with Gasteiger partial charge < -0.3 is 11.5 Å². The van der Waals surface area contributed by atoms with Crippen LogP contribution in [0.25, 0.3) is 11.3 Å². The van der Waals surface area contributed by atoms with Gasteiger partial charge in [0.15, 0.2) is 5.82 Å². The molecule has 0 bridgehead atoms. The van der Waals surface area contributed by atoms with E-state index in [2.05, 4.69) is 12.0 Å². The van der Waals surface area contributed by atoms with Crippen molar-refractivity contribution in [2.24, 2.45) is 5.73 Å². The molecule has 0 saturated heterocycles. The number of unbranched alkanes of at least 4 members (excludes halogenated alkanes) is 7. The average Bonchev–Trinajstić information content (AvgIpc) is 3.00. The second-order valence-electron chi connectivity index (χ2n) is 6.95. The first-order valence-electron chi connectivity index (χ1n) is 9.87. The number of rotatable bonds is 12. The highest BCUT2D eigenvalue weighted by atomic mass is 16.6. The molecule has 0 unspecified atom stereocenters. The zero-order valence-corrected chi connectivity index (χ0v) is 16.4. The smallest absolute Gasteiger partial charge is 0.278 e. The number of aryl methyl sites for hydroxylation is 1. The molecule has 4 N–H and O–H groups in total. The van der Waals surface area contributed by atoms with Crippen LogP contribution in [0, 0.1) is 10.1 Å². The summed E-state index contributed by atoms with van der Waals surface area (Å²) in [6.45, 7) is 2.72. The van der Waals surface area contributed by atoms with Gasteiger partial charge in [-0.25, -0.2) is 0 Å². The number of nitrogens with zero attached hydrogens (tertiary/aromatic N) is 3. The monoisotopic (exact) mass is 387 g/mol. The Morgan fingerprint density at radius 1 is 1.11 bits per heavy atom. The van der Waals surface area contributed by atoms with Crippen molar-refractivity contribution < 1.29 is 9.72 Å². The molecular formula is C20H29N5O3. The predicted octanol–water partition coefficient (Wildman–Crippen LogP) is 4.28. The molecular weight excluding hydrogens is 358 g/mol. The molecule has 0 spiro atoms. The van der Waals surface area contributed by atoms with Crippen LogP contribution in [0.1, 0.15) is 68.6 Å². The number of aromatic nitrogens is 2. The number of hydrogen-bond donors (Lipinski definition) is 2. The largest absolute Gasteiger partial charge is 0.382 e. The molecule has 8 heteroatoms. The minimum atomic E-state index is -0.743. The fraction of sp³-hybridized carbons (Fsp3) is 0.500. The van der Waals surface area contributed by atoms with Gasteiger partial charge in [0, 0.05) is 12.6 Å². The second kappa shape index (κ2) is 10.4. The fourth-order valence-corrected chi connectivity index (χ4v) is 3.39. The average molecular weight is 387 g/mol. The molecule has 0 fully saturated rings. The predicted molar refractivity (Wildman–Crippen MR) is 110 cm³/mol. The van der Waals surface area contributed by atoms with Crippen LogP contribution in [0.2, 0.25) is 0 Å². The first kappa shape index (κ1) is 21.4. The molecule has 2 rings (SSSR count). The molecule has 0 aliphatic rings. The van der Waals surface area contributed by atoms with Crippen LogP contribution >= 0.6 is 0 Å². The molecule has 0 radical (unpaired) electrons. The van der Waals surface area contributed by atoms with E-state index in [0.717, 1.165) is 19.3 Å². The molecule has 1 amide bonds. The topological polar surface area (TPSA) is 130 Å². The minimum Gasteiger partial charge on any atom is -0.382 e. The van der Waals surface area contributed by atoms with Crippen molar-refractivity contribution in [3.05, 3.63) is 39.9 Å². The van der Waals surface area contributed by atoms with Gasteiger partial charge in [0.2, 0.25) is 0 Å². The first-order chi connectivity index (χ1) is 13.5. The number of hydrogen-bond acceptors (Lipinski definition) is 5. The third-order valence-electron chi connectivity index (χ3n) is 4.81. The van der Waals surface area contributed by atoms with E-state index in [0.29, 0.717) is 17.8 Å². The van der Waals surface area contributed by atoms with Gasteiger partial charge in [-0.15, -0.1) is 0 Å². The molecule has 28 heavy (non-hydrogen) atoms. The van der Waals surface area contributed by atoms with Gasteiger partial charge in [0.1, 0.15) is 5.56 Å². The number of nitro benzene ring substituents is 1. The molecule has 152 valence electrons. The van der Waals surface area contributed by atoms with E-state index in [9.17, 15) is 14.9 Å². The maximum Gasteiger partial charge on any atom is 0.278 e. The number of primary amides is 1. The van der Waals surface area contributed by atoms with Crippen molar-refractivity contribution in [2.75, 3.05) is 5.73 Å². The third-order valence-corrected chi connectivity index (χ3v) is 4.81. The summed E-state index contributed by atoms with van der Waals surface area (Å²) in [5.74, 6) is -0.743. The second-order valence-corrected chi connectivity index (χ2v) is 6.95. The molecule has 0 aliphatic heterocycles. The van der Waals surface area contributed by atoms with E-state index in [1.165, 1.54) is 38.2 Å². The lowest BCUT2D eigenvalue weighted by molar-refractivity contribution is -0.384. The lowest BCUT2D eigenvalue weighted by atomic mass is 10.0. The molecule has 8 nitrogen and oxygen atoms in total. The van der Waals surface area contributed by atoms with Crippen molar-refractivity contribution in [1.29, 1.82) is 0 Å². The fourth-order valence-electron chi connectivity index (χ4n) is 3.39. The SMILES string of the molecule is CCCCCCCCCCn1nc(N)c(C(N)=O)c1-c1ccccc1[N+](=O)[O-]. The Balaban J connectivity index is 2.17. The first-order valence-corrected chi connectivity index (χ1v) is 9.87. The maximum absolute atomic E-state index is 11.9. The Bertz CT molecular complexity index is 816. The van der Waals surface area contributed by atoms with Crippen LogP contribution in [0.3, 0.4) is 0 Å². The van der Waals surface area contributed by atoms with Gasteiger partial charge in [-0.2, -0.15) is 5.10 Å². The summed E-state index contributed by atoms with van der Waals surface area (Å²) in [6, 6.07) is 6.24. The molecule has 0 saturated carbocycles. The Hall–Kier alpha value is -2.90. The lowest BCUT2D eigenvalue weighted by Crippen LogP contribution is -2.14. The zero-order chi connectivity index (χ0) is 20.5. The van der Waals surface area contributed by atoms with E-state index in [1.54, 1.807) is 22.9 Å². The van der Waals surface area contributed by atoms with Crippen molar-refractivity contribution in [3.63, 3.8) is 0 Å². The molecule has 1 aromatic heterocycles. The molecule has 0 atom stereocenters. The maximum atomic E-state index is 11.9. The number of nitro groups is 1. The van der Waals surface area contributed by atoms with Gasteiger partial charge in [-0.1, -0.05) is 64.0 Å². The van der Waals surface area contributed by atoms with Crippen LogP contribution < -0.4 is 11.5 Å². The van der Waals surface area contributed by atoms with Crippen LogP contribution in [-0.4, -0.2) is 20.6 Å². The normalized spacial score (nSPS) is 10.9. The summed E-state index contributed by atoms with van der Waals surface area (Å²) in [5.41, 5.74) is 11.9. The van der Waals surface area contributed by atoms with Gasteiger partial charge in [-0.3, -0.25) is 19.6 Å². The zero-order valence-electron chi connectivity index (χ0n) is 16.4. The quantitative estimate of drug-likeness (QED) is 0.319. The molecule has 0 aliphatic carbocycles. The van der Waals surface area contributed by atoms with E-state index in [1.807, 2.05) is 0 Å². The van der Waals surface area contributed by atoms with Crippen LogP contribution in [-0.2, 0) is 6.54 Å². The summed E-state index contributed by atoms with van der Waals surface area (Å²) >= 11 is 0. The van der Waals surface area contributed by atoms with Crippen LogP contribution in [0.5, 0.6) is 0 Å². The number of benzene rings is 1. The molecule has 1 heterocycles. The Morgan fingerprint density at radius 2 is 1.71 bits per heavy atom. The number of para-hydroxylation sites is 1. The van der Waals surface area contributed by atoms with Gasteiger partial charge >= 0.3 is 0 Å². The highest BCUT2D eigenvalue weighted by Gasteiger charge is 2.26. The number of nitrogens with two attached hydrogens (primary N) is 2. The standard InChI is InChI=1S/C20H29N5O3/c1-2-3-4-5-6-7-8-11-14-24-18(17(20(22)26)19(21)23-24)15-12-9-10-13-16(15)25(27)28/h9-10,12-13H,2-8,11,14H2,1H3,(H2,21,23)(H2,22,26). The van der Waals surface area contributed by atoms with Gasteiger partial charge in [-0.05, 0) is 12.5 Å². The highest BCUT2D eigenvalue weighted by molar-refractivity contribution is 6.04.